The minimum atomic E-state index is -0.599. The maximum atomic E-state index is 11.8. The predicted molar refractivity (Wildman–Crippen MR) is 369 cm³/mol. The molecule has 2 atom stereocenters. The SMILES string of the molecule is C=C(C)C.C=C(C)CC.C=C(C)CCC.C=C(c1ccc(C)cc1)c1ccc(C)c(-c2cc(N)ccc2C)c1.CCC.CCC.CN=C(c1ccc(C)c(-c2cc(C[C@@H](C)[O-])ccc2C)c1)c1ccc(CCC2CCC(C)(C)C2)cc1C.[Cs+]. The van der Waals surface area contributed by atoms with Crippen molar-refractivity contribution in [2.75, 3.05) is 12.8 Å². The molecule has 0 saturated heterocycles. The van der Waals surface area contributed by atoms with Gasteiger partial charge in [-0.15, -0.1) is 25.8 Å². The van der Waals surface area contributed by atoms with Gasteiger partial charge in [-0.05, 0) is 234 Å². The summed E-state index contributed by atoms with van der Waals surface area (Å²) in [5.41, 5.74) is 32.6. The first-order valence-electron chi connectivity index (χ1n) is 30.7. The number of nitrogens with two attached hydrogens (primary N) is 1. The Kier molecular flexibility index (Phi) is 39.6. The van der Waals surface area contributed by atoms with Gasteiger partial charge in [-0.3, -0.25) is 4.99 Å². The third kappa shape index (κ3) is 30.1. The van der Waals surface area contributed by atoms with Crippen LogP contribution in [0.25, 0.3) is 27.8 Å². The second kappa shape index (κ2) is 41.7. The number of benzene rings is 6. The van der Waals surface area contributed by atoms with Gasteiger partial charge in [0.15, 0.2) is 0 Å². The summed E-state index contributed by atoms with van der Waals surface area (Å²) < 4.78 is 0. The third-order valence-corrected chi connectivity index (χ3v) is 14.1. The van der Waals surface area contributed by atoms with E-state index in [2.05, 4.69) is 239 Å². The minimum Gasteiger partial charge on any atom is -0.852 e. The van der Waals surface area contributed by atoms with E-state index in [1.165, 1.54) is 135 Å². The van der Waals surface area contributed by atoms with Gasteiger partial charge in [0.05, 0.1) is 5.71 Å². The van der Waals surface area contributed by atoms with E-state index >= 15 is 0 Å². The van der Waals surface area contributed by atoms with Crippen LogP contribution in [0.1, 0.15) is 215 Å². The number of aryl methyl sites for hydroxylation is 7. The van der Waals surface area contributed by atoms with E-state index in [1.54, 1.807) is 6.92 Å². The van der Waals surface area contributed by atoms with Crippen molar-refractivity contribution >= 4 is 17.0 Å². The van der Waals surface area contributed by atoms with Crippen LogP contribution in [0.15, 0.2) is 163 Å². The molecule has 446 valence electrons. The maximum Gasteiger partial charge on any atom is 1.00 e. The van der Waals surface area contributed by atoms with E-state index in [0.717, 1.165) is 58.0 Å². The topological polar surface area (TPSA) is 61.4 Å². The number of hydrogen-bond donors (Lipinski definition) is 1. The summed E-state index contributed by atoms with van der Waals surface area (Å²) in [6.45, 7) is 55.5. The zero-order valence-corrected chi connectivity index (χ0v) is 62.9. The molecule has 0 bridgehead atoms. The van der Waals surface area contributed by atoms with Gasteiger partial charge < -0.3 is 10.8 Å². The summed E-state index contributed by atoms with van der Waals surface area (Å²) in [7, 11) is 1.89. The standard InChI is InChI=1S/C35H44NO.C23H23N.C6H12.C5H10.C4H8.2C3H8.Cs/c1-23-8-10-29(19-26(4)37)20-32(23)33-21-30(14-9-24(33)2)34(36-7)31-15-13-27(18-25(31)3)11-12-28-16-17-35(5,6)22-28;1-15-5-9-19(10-6-15)18(4)20-11-7-16(2)22(13-20)23-14-21(24)12-8-17(23)3;1-4-5-6(2)3;1-4-5(2)3;1-4(2)3;2*1-3-2;/h8-10,13-15,18,20-21,26,28H,11-12,16-17,19,22H2,1-7H3;5-14H,4,24H2,1-3H3;2,4-5H2,1,3H3;2,4H2,1,3H3;1H2,2-3H3;2*3H2,1-2H3;/q-1;;;;;;;+1/t26-,28?;;;;;;;/m1......./s1. The number of rotatable bonds is 14. The molecule has 0 aliphatic heterocycles. The molecule has 83 heavy (non-hydrogen) atoms. The van der Waals surface area contributed by atoms with Crippen molar-refractivity contribution in [3.63, 3.8) is 0 Å². The Bertz CT molecular complexity index is 2940. The molecule has 0 radical (unpaired) electrons. The molecule has 2 N–H and O–H groups in total. The van der Waals surface area contributed by atoms with Crippen LogP contribution in [-0.4, -0.2) is 18.9 Å². The molecular formula is C79H113CsN2O. The number of nitrogens with zero attached hydrogens (tertiary/aromatic N) is 1. The maximum absolute atomic E-state index is 11.8. The first kappa shape index (κ1) is 78.8. The zero-order valence-electron chi connectivity index (χ0n) is 56.7. The van der Waals surface area contributed by atoms with Gasteiger partial charge in [0.1, 0.15) is 0 Å². The van der Waals surface area contributed by atoms with Crippen LogP contribution in [0.3, 0.4) is 0 Å². The van der Waals surface area contributed by atoms with Crippen LogP contribution in [-0.2, 0) is 12.8 Å². The monoisotopic (exact) mass is 1240 g/mol. The number of hydrogen-bond acceptors (Lipinski definition) is 3. The smallest absolute Gasteiger partial charge is 0.852 e. The Hall–Kier alpha value is -4.24. The van der Waals surface area contributed by atoms with Crippen molar-refractivity contribution in [2.24, 2.45) is 16.3 Å². The summed E-state index contributed by atoms with van der Waals surface area (Å²) in [6, 6.07) is 41.1. The third-order valence-electron chi connectivity index (χ3n) is 14.1. The molecule has 3 nitrogen and oxygen atoms in total. The van der Waals surface area contributed by atoms with Gasteiger partial charge in [-0.1, -0.05) is 201 Å². The van der Waals surface area contributed by atoms with Crippen LogP contribution in [0.2, 0.25) is 0 Å². The van der Waals surface area contributed by atoms with Crippen molar-refractivity contribution in [1.82, 2.24) is 0 Å². The van der Waals surface area contributed by atoms with E-state index in [1.807, 2.05) is 33.9 Å². The molecule has 1 aliphatic carbocycles. The Morgan fingerprint density at radius 2 is 1.05 bits per heavy atom. The molecule has 7 rings (SSSR count). The molecule has 1 unspecified atom stereocenters. The Balaban J connectivity index is 0.00000124. The Morgan fingerprint density at radius 3 is 1.48 bits per heavy atom. The van der Waals surface area contributed by atoms with Gasteiger partial charge in [0, 0.05) is 23.9 Å². The van der Waals surface area contributed by atoms with Crippen molar-refractivity contribution in [2.45, 2.75) is 208 Å². The van der Waals surface area contributed by atoms with E-state index in [4.69, 9.17) is 10.7 Å². The molecule has 0 aromatic heterocycles. The molecule has 0 heterocycles. The first-order valence-corrected chi connectivity index (χ1v) is 30.7. The van der Waals surface area contributed by atoms with E-state index in [9.17, 15) is 5.11 Å². The zero-order chi connectivity index (χ0) is 62.3. The molecule has 0 spiro atoms. The molecule has 1 fully saturated rings. The quantitative estimate of drug-likeness (QED) is 0.0671. The van der Waals surface area contributed by atoms with E-state index in [-0.39, 0.29) is 68.9 Å². The number of anilines is 1. The van der Waals surface area contributed by atoms with Gasteiger partial charge in [0.2, 0.25) is 0 Å². The van der Waals surface area contributed by atoms with Crippen LogP contribution >= 0.6 is 0 Å². The molecule has 6 aromatic rings. The van der Waals surface area contributed by atoms with Crippen LogP contribution in [0, 0.1) is 52.9 Å². The number of nitrogen functional groups attached to an aromatic ring is 1. The van der Waals surface area contributed by atoms with Crippen molar-refractivity contribution in [3.05, 3.63) is 225 Å². The summed E-state index contributed by atoms with van der Waals surface area (Å²) in [6.07, 6.45) is 12.5. The fraction of sp³-hybridized carbons (Fsp3) is 0.430. The molecule has 1 aliphatic rings. The molecule has 4 heteroatoms. The van der Waals surface area contributed by atoms with E-state index in [0.29, 0.717) is 11.8 Å². The molecule has 1 saturated carbocycles. The predicted octanol–water partition coefficient (Wildman–Crippen LogP) is 19.5. The van der Waals surface area contributed by atoms with Gasteiger partial charge in [-0.25, -0.2) is 0 Å². The van der Waals surface area contributed by atoms with Crippen molar-refractivity contribution < 1.29 is 74.0 Å². The average molecular weight is 1240 g/mol. The largest absolute Gasteiger partial charge is 1.00 e. The second-order valence-corrected chi connectivity index (χ2v) is 24.3. The molecule has 0 amide bonds. The van der Waals surface area contributed by atoms with Crippen molar-refractivity contribution in [1.29, 1.82) is 0 Å². The fourth-order valence-corrected chi connectivity index (χ4v) is 9.61. The fourth-order valence-electron chi connectivity index (χ4n) is 9.61. The average Bonchev–Trinajstić information content (AvgIpc) is 4.01. The summed E-state index contributed by atoms with van der Waals surface area (Å²) in [5, 5.41) is 11.8. The second-order valence-electron chi connectivity index (χ2n) is 24.3. The normalized spacial score (nSPS) is 13.0. The van der Waals surface area contributed by atoms with Gasteiger partial charge in [0.25, 0.3) is 0 Å². The first-order chi connectivity index (χ1) is 38.6. The Morgan fingerprint density at radius 1 is 0.602 bits per heavy atom. The minimum absolute atomic E-state index is 0. The number of aliphatic imine (C=N–C) groups is 1. The number of allylic oxidation sites excluding steroid dienone is 3. The summed E-state index contributed by atoms with van der Waals surface area (Å²) >= 11 is 0. The Labute approximate surface area is 569 Å². The van der Waals surface area contributed by atoms with Crippen LogP contribution in [0.4, 0.5) is 5.69 Å². The van der Waals surface area contributed by atoms with Crippen LogP contribution < -0.4 is 79.7 Å². The molecule has 6 aromatic carbocycles. The van der Waals surface area contributed by atoms with Crippen molar-refractivity contribution in [3.8, 4) is 22.3 Å². The van der Waals surface area contributed by atoms with Gasteiger partial charge in [-0.2, -0.15) is 0 Å². The van der Waals surface area contributed by atoms with Crippen LogP contribution in [0.5, 0.6) is 0 Å². The van der Waals surface area contributed by atoms with Gasteiger partial charge >= 0.3 is 68.9 Å². The van der Waals surface area contributed by atoms with E-state index < -0.39 is 6.10 Å². The summed E-state index contributed by atoms with van der Waals surface area (Å²) in [4.78, 5) is 4.76. The summed E-state index contributed by atoms with van der Waals surface area (Å²) in [5.74, 6) is 0.868. The molecular weight excluding hydrogens is 1130 g/mol.